The number of rotatable bonds is 9. The lowest BCUT2D eigenvalue weighted by Crippen LogP contribution is -2.46. The first-order chi connectivity index (χ1) is 16.9. The van der Waals surface area contributed by atoms with Crippen LogP contribution in [0.25, 0.3) is 11.3 Å². The molecule has 184 valence electrons. The Bertz CT molecular complexity index is 1180. The number of aryl methyl sites for hydroxylation is 1. The van der Waals surface area contributed by atoms with Crippen LogP contribution in [0.5, 0.6) is 11.5 Å². The standard InChI is InChI=1S/C25H28ClN5O4/c1-31-24(21(26)15-29-31)20-13-17(30-25(33)16-4-3-5-19(12-16)34-2)6-8-22(20)35-11-10-27-18-7-9-23(32)28-14-18/h3-6,8,12-13,15,18,27H,7,9-11,14H2,1-2H3,(H,28,32)(H,30,33). The lowest BCUT2D eigenvalue weighted by molar-refractivity contribution is -0.122. The SMILES string of the molecule is COc1cccc(C(=O)Nc2ccc(OCCNC3CCC(=O)NC3)c(-c3c(Cl)cnn3C)c2)c1. The van der Waals surface area contributed by atoms with Crippen LogP contribution in [-0.4, -0.2) is 54.4 Å². The molecule has 1 saturated heterocycles. The minimum absolute atomic E-state index is 0.0931. The molecule has 0 aliphatic carbocycles. The van der Waals surface area contributed by atoms with E-state index in [0.29, 0.717) is 65.1 Å². The first kappa shape index (κ1) is 24.6. The summed E-state index contributed by atoms with van der Waals surface area (Å²) in [6.45, 7) is 1.66. The van der Waals surface area contributed by atoms with Crippen LogP contribution in [0.3, 0.4) is 0 Å². The molecule has 1 unspecified atom stereocenters. The zero-order valence-electron chi connectivity index (χ0n) is 19.6. The molecule has 1 atom stereocenters. The van der Waals surface area contributed by atoms with Gasteiger partial charge in [-0.2, -0.15) is 5.10 Å². The molecule has 0 bridgehead atoms. The van der Waals surface area contributed by atoms with Crippen molar-refractivity contribution in [3.05, 3.63) is 59.2 Å². The second-order valence-corrected chi connectivity index (χ2v) is 8.61. The van der Waals surface area contributed by atoms with Crippen molar-refractivity contribution in [2.75, 3.05) is 32.1 Å². The maximum atomic E-state index is 12.8. The third kappa shape index (κ3) is 6.12. The van der Waals surface area contributed by atoms with Crippen molar-refractivity contribution >= 4 is 29.1 Å². The van der Waals surface area contributed by atoms with E-state index in [1.54, 1.807) is 61.4 Å². The van der Waals surface area contributed by atoms with E-state index in [-0.39, 0.29) is 17.9 Å². The summed E-state index contributed by atoms with van der Waals surface area (Å²) in [6, 6.07) is 12.6. The lowest BCUT2D eigenvalue weighted by Gasteiger charge is -2.23. The number of nitrogens with one attached hydrogen (secondary N) is 3. The van der Waals surface area contributed by atoms with E-state index in [2.05, 4.69) is 21.0 Å². The number of nitrogens with zero attached hydrogens (tertiary/aromatic N) is 2. The summed E-state index contributed by atoms with van der Waals surface area (Å²) in [4.78, 5) is 24.1. The van der Waals surface area contributed by atoms with E-state index in [1.807, 2.05) is 6.07 Å². The van der Waals surface area contributed by atoms with Gasteiger partial charge in [-0.1, -0.05) is 17.7 Å². The summed E-state index contributed by atoms with van der Waals surface area (Å²) in [5, 5.41) is 13.9. The zero-order valence-corrected chi connectivity index (χ0v) is 20.4. The number of aromatic nitrogens is 2. The van der Waals surface area contributed by atoms with Crippen molar-refractivity contribution in [2.24, 2.45) is 7.05 Å². The Morgan fingerprint density at radius 2 is 2.14 bits per heavy atom. The molecule has 1 aliphatic rings. The molecule has 2 amide bonds. The molecule has 10 heteroatoms. The maximum Gasteiger partial charge on any atom is 0.255 e. The Hall–Kier alpha value is -3.56. The van der Waals surface area contributed by atoms with Crippen molar-refractivity contribution in [1.29, 1.82) is 0 Å². The van der Waals surface area contributed by atoms with Gasteiger partial charge in [-0.25, -0.2) is 0 Å². The van der Waals surface area contributed by atoms with E-state index < -0.39 is 0 Å². The highest BCUT2D eigenvalue weighted by Crippen LogP contribution is 2.36. The van der Waals surface area contributed by atoms with Crippen molar-refractivity contribution in [3.8, 4) is 22.8 Å². The van der Waals surface area contributed by atoms with Gasteiger partial charge in [0.05, 0.1) is 24.0 Å². The van der Waals surface area contributed by atoms with Crippen molar-refractivity contribution in [1.82, 2.24) is 20.4 Å². The number of carbonyl (C=O) groups excluding carboxylic acids is 2. The molecule has 2 aromatic carbocycles. The summed E-state index contributed by atoms with van der Waals surface area (Å²) in [5.41, 5.74) is 2.47. The first-order valence-corrected chi connectivity index (χ1v) is 11.7. The van der Waals surface area contributed by atoms with Gasteiger partial charge < -0.3 is 25.4 Å². The predicted octanol–water partition coefficient (Wildman–Crippen LogP) is 3.25. The molecule has 3 N–H and O–H groups in total. The third-order valence-corrected chi connectivity index (χ3v) is 6.05. The van der Waals surface area contributed by atoms with Gasteiger partial charge in [0.25, 0.3) is 5.91 Å². The number of methoxy groups -OCH3 is 1. The van der Waals surface area contributed by atoms with Crippen molar-refractivity contribution in [3.63, 3.8) is 0 Å². The number of ether oxygens (including phenoxy) is 2. The number of anilines is 1. The van der Waals surface area contributed by atoms with Crippen LogP contribution in [0.1, 0.15) is 23.2 Å². The second-order valence-electron chi connectivity index (χ2n) is 8.20. The van der Waals surface area contributed by atoms with E-state index in [9.17, 15) is 9.59 Å². The first-order valence-electron chi connectivity index (χ1n) is 11.3. The number of amides is 2. The Balaban J connectivity index is 1.48. The van der Waals surface area contributed by atoms with Crippen molar-refractivity contribution in [2.45, 2.75) is 18.9 Å². The molecule has 0 spiro atoms. The molecule has 9 nitrogen and oxygen atoms in total. The highest BCUT2D eigenvalue weighted by Gasteiger charge is 2.19. The fourth-order valence-electron chi connectivity index (χ4n) is 3.93. The second kappa shape index (κ2) is 11.2. The molecule has 1 fully saturated rings. The number of carbonyl (C=O) groups is 2. The molecule has 0 radical (unpaired) electrons. The van der Waals surface area contributed by atoms with Crippen LogP contribution in [0.4, 0.5) is 5.69 Å². The molecule has 2 heterocycles. The molecule has 0 saturated carbocycles. The molecular weight excluding hydrogens is 470 g/mol. The van der Waals surface area contributed by atoms with Gasteiger partial charge in [0, 0.05) is 49.4 Å². The Morgan fingerprint density at radius 3 is 2.86 bits per heavy atom. The van der Waals surface area contributed by atoms with Gasteiger partial charge >= 0.3 is 0 Å². The molecule has 1 aliphatic heterocycles. The van der Waals surface area contributed by atoms with Crippen molar-refractivity contribution < 1.29 is 19.1 Å². The summed E-state index contributed by atoms with van der Waals surface area (Å²) in [5.74, 6) is 1.06. The predicted molar refractivity (Wildman–Crippen MR) is 134 cm³/mol. The summed E-state index contributed by atoms with van der Waals surface area (Å²) in [7, 11) is 3.35. The van der Waals surface area contributed by atoms with Crippen LogP contribution in [-0.2, 0) is 11.8 Å². The van der Waals surface area contributed by atoms with E-state index in [0.717, 1.165) is 6.42 Å². The fraction of sp³-hybridized carbons (Fsp3) is 0.320. The van der Waals surface area contributed by atoms with Gasteiger partial charge in [-0.3, -0.25) is 14.3 Å². The van der Waals surface area contributed by atoms with Crippen LogP contribution in [0, 0.1) is 0 Å². The van der Waals surface area contributed by atoms with Crippen LogP contribution in [0.2, 0.25) is 5.02 Å². The van der Waals surface area contributed by atoms with E-state index in [1.165, 1.54) is 0 Å². The van der Waals surface area contributed by atoms with Gasteiger partial charge in [0.1, 0.15) is 18.1 Å². The number of benzene rings is 2. The van der Waals surface area contributed by atoms with Gasteiger partial charge in [0.15, 0.2) is 0 Å². The van der Waals surface area contributed by atoms with Crippen LogP contribution >= 0.6 is 11.6 Å². The topological polar surface area (TPSA) is 107 Å². The summed E-state index contributed by atoms with van der Waals surface area (Å²) >= 11 is 6.43. The number of piperidine rings is 1. The van der Waals surface area contributed by atoms with Crippen LogP contribution in [0.15, 0.2) is 48.7 Å². The zero-order chi connectivity index (χ0) is 24.8. The van der Waals surface area contributed by atoms with E-state index >= 15 is 0 Å². The number of hydrogen-bond donors (Lipinski definition) is 3. The average molecular weight is 498 g/mol. The third-order valence-electron chi connectivity index (χ3n) is 5.78. The van der Waals surface area contributed by atoms with Gasteiger partial charge in [-0.15, -0.1) is 0 Å². The smallest absolute Gasteiger partial charge is 0.255 e. The summed E-state index contributed by atoms with van der Waals surface area (Å²) < 4.78 is 13.0. The van der Waals surface area contributed by atoms with Gasteiger partial charge in [0.2, 0.25) is 5.91 Å². The minimum Gasteiger partial charge on any atom is -0.497 e. The number of hydrogen-bond acceptors (Lipinski definition) is 6. The Labute approximate surface area is 208 Å². The largest absolute Gasteiger partial charge is 0.497 e. The monoisotopic (exact) mass is 497 g/mol. The molecule has 1 aromatic heterocycles. The normalized spacial score (nSPS) is 15.4. The van der Waals surface area contributed by atoms with E-state index in [4.69, 9.17) is 21.1 Å². The Morgan fingerprint density at radius 1 is 1.29 bits per heavy atom. The summed E-state index contributed by atoms with van der Waals surface area (Å²) in [6.07, 6.45) is 2.91. The van der Waals surface area contributed by atoms with Crippen LogP contribution < -0.4 is 25.4 Å². The Kier molecular flexibility index (Phi) is 7.89. The quantitative estimate of drug-likeness (QED) is 0.392. The molecule has 4 rings (SSSR count). The van der Waals surface area contributed by atoms with Gasteiger partial charge in [-0.05, 0) is 42.8 Å². The number of halogens is 1. The molecule has 35 heavy (non-hydrogen) atoms. The molecular formula is C25H28ClN5O4. The minimum atomic E-state index is -0.261. The fourth-order valence-corrected chi connectivity index (χ4v) is 4.20. The maximum absolute atomic E-state index is 12.8. The molecule has 3 aromatic rings. The highest BCUT2D eigenvalue weighted by atomic mass is 35.5. The highest BCUT2D eigenvalue weighted by molar-refractivity contribution is 6.33. The average Bonchev–Trinajstić information content (AvgIpc) is 3.21. The lowest BCUT2D eigenvalue weighted by atomic mass is 10.1.